The van der Waals surface area contributed by atoms with Gasteiger partial charge in [-0.25, -0.2) is 0 Å². The molecular formula is C17H33N3O3. The van der Waals surface area contributed by atoms with Crippen LogP contribution in [0.25, 0.3) is 0 Å². The SMILES string of the molecule is COC(C)C(=O)NC1CCC(NC(=O)C(C(C)C)N(C)C)CC1. The standard InChI is InChI=1S/C17H33N3O3/c1-11(2)15(20(4)5)17(22)19-14-9-7-13(8-10-14)18-16(21)12(3)23-6/h11-15H,7-10H2,1-6H3,(H,18,21)(H,19,22). The molecule has 6 nitrogen and oxygen atoms in total. The maximum atomic E-state index is 12.4. The maximum absolute atomic E-state index is 12.4. The summed E-state index contributed by atoms with van der Waals surface area (Å²) in [6, 6.07) is 0.287. The third-order valence-corrected chi connectivity index (χ3v) is 4.60. The predicted octanol–water partition coefficient (Wildman–Crippen LogP) is 1.15. The molecular weight excluding hydrogens is 294 g/mol. The van der Waals surface area contributed by atoms with Gasteiger partial charge in [0.25, 0.3) is 0 Å². The minimum Gasteiger partial charge on any atom is -0.372 e. The van der Waals surface area contributed by atoms with Crippen molar-refractivity contribution >= 4 is 11.8 Å². The van der Waals surface area contributed by atoms with Crippen molar-refractivity contribution in [2.75, 3.05) is 21.2 Å². The number of hydrogen-bond acceptors (Lipinski definition) is 4. The molecule has 0 radical (unpaired) electrons. The lowest BCUT2D eigenvalue weighted by Crippen LogP contribution is -2.51. The minimum absolute atomic E-state index is 0.0625. The zero-order valence-corrected chi connectivity index (χ0v) is 15.4. The van der Waals surface area contributed by atoms with Gasteiger partial charge in [0.1, 0.15) is 6.10 Å². The van der Waals surface area contributed by atoms with Crippen LogP contribution in [0.5, 0.6) is 0 Å². The Balaban J connectivity index is 2.41. The molecule has 0 heterocycles. The minimum atomic E-state index is -0.417. The summed E-state index contributed by atoms with van der Waals surface area (Å²) < 4.78 is 5.02. The number of carbonyl (C=O) groups excluding carboxylic acids is 2. The molecule has 0 spiro atoms. The lowest BCUT2D eigenvalue weighted by atomic mass is 9.90. The third-order valence-electron chi connectivity index (χ3n) is 4.60. The van der Waals surface area contributed by atoms with E-state index in [1.54, 1.807) is 6.92 Å². The van der Waals surface area contributed by atoms with Gasteiger partial charge in [0.2, 0.25) is 11.8 Å². The zero-order chi connectivity index (χ0) is 17.6. The van der Waals surface area contributed by atoms with E-state index in [0.29, 0.717) is 0 Å². The monoisotopic (exact) mass is 327 g/mol. The fourth-order valence-electron chi connectivity index (χ4n) is 3.23. The van der Waals surface area contributed by atoms with Gasteiger partial charge in [-0.1, -0.05) is 13.8 Å². The first-order valence-electron chi connectivity index (χ1n) is 8.56. The quantitative estimate of drug-likeness (QED) is 0.736. The van der Waals surface area contributed by atoms with E-state index in [0.717, 1.165) is 25.7 Å². The Bertz CT molecular complexity index is 383. The summed E-state index contributed by atoms with van der Waals surface area (Å²) >= 11 is 0. The van der Waals surface area contributed by atoms with Gasteiger partial charge in [0, 0.05) is 19.2 Å². The second kappa shape index (κ2) is 9.23. The number of rotatable bonds is 7. The molecule has 0 aromatic carbocycles. The number of nitrogens with one attached hydrogen (secondary N) is 2. The summed E-state index contributed by atoms with van der Waals surface area (Å²) in [5.74, 6) is 0.314. The third kappa shape index (κ3) is 6.11. The van der Waals surface area contributed by atoms with E-state index in [1.807, 2.05) is 19.0 Å². The maximum Gasteiger partial charge on any atom is 0.249 e. The number of ether oxygens (including phenoxy) is 1. The van der Waals surface area contributed by atoms with Gasteiger partial charge in [-0.3, -0.25) is 14.5 Å². The molecule has 1 fully saturated rings. The fraction of sp³-hybridized carbons (Fsp3) is 0.882. The van der Waals surface area contributed by atoms with E-state index in [1.165, 1.54) is 7.11 Å². The van der Waals surface area contributed by atoms with Crippen molar-refractivity contribution in [2.45, 2.75) is 70.7 Å². The second-order valence-corrected chi connectivity index (χ2v) is 7.10. The number of amides is 2. The fourth-order valence-corrected chi connectivity index (χ4v) is 3.23. The van der Waals surface area contributed by atoms with Crippen LogP contribution >= 0.6 is 0 Å². The Morgan fingerprint density at radius 3 is 1.74 bits per heavy atom. The average molecular weight is 327 g/mol. The topological polar surface area (TPSA) is 70.7 Å². The van der Waals surface area contributed by atoms with Crippen molar-refractivity contribution in [3.63, 3.8) is 0 Å². The van der Waals surface area contributed by atoms with Crippen LogP contribution in [0.2, 0.25) is 0 Å². The number of carbonyl (C=O) groups is 2. The van der Waals surface area contributed by atoms with Crippen LogP contribution in [0.15, 0.2) is 0 Å². The normalized spacial score (nSPS) is 24.3. The summed E-state index contributed by atoms with van der Waals surface area (Å²) in [6.45, 7) is 5.87. The Morgan fingerprint density at radius 2 is 1.39 bits per heavy atom. The average Bonchev–Trinajstić information content (AvgIpc) is 2.47. The summed E-state index contributed by atoms with van der Waals surface area (Å²) in [4.78, 5) is 26.2. The molecule has 1 saturated carbocycles. The van der Waals surface area contributed by atoms with Crippen molar-refractivity contribution in [3.8, 4) is 0 Å². The van der Waals surface area contributed by atoms with Crippen molar-refractivity contribution in [1.82, 2.24) is 15.5 Å². The largest absolute Gasteiger partial charge is 0.372 e. The van der Waals surface area contributed by atoms with Crippen molar-refractivity contribution in [2.24, 2.45) is 5.92 Å². The summed E-state index contributed by atoms with van der Waals surface area (Å²) in [7, 11) is 5.41. The van der Waals surface area contributed by atoms with Gasteiger partial charge in [-0.05, 0) is 52.6 Å². The highest BCUT2D eigenvalue weighted by Gasteiger charge is 2.29. The van der Waals surface area contributed by atoms with E-state index in [9.17, 15) is 9.59 Å². The van der Waals surface area contributed by atoms with E-state index in [-0.39, 0.29) is 35.9 Å². The zero-order valence-electron chi connectivity index (χ0n) is 15.4. The van der Waals surface area contributed by atoms with Crippen LogP contribution in [0, 0.1) is 5.92 Å². The number of hydrogen-bond donors (Lipinski definition) is 2. The highest BCUT2D eigenvalue weighted by Crippen LogP contribution is 2.20. The lowest BCUT2D eigenvalue weighted by molar-refractivity contribution is -0.131. The van der Waals surface area contributed by atoms with E-state index < -0.39 is 6.10 Å². The molecule has 1 rings (SSSR count). The van der Waals surface area contributed by atoms with Crippen molar-refractivity contribution in [3.05, 3.63) is 0 Å². The molecule has 2 unspecified atom stereocenters. The smallest absolute Gasteiger partial charge is 0.249 e. The lowest BCUT2D eigenvalue weighted by Gasteiger charge is -2.33. The van der Waals surface area contributed by atoms with Gasteiger partial charge in [-0.15, -0.1) is 0 Å². The van der Waals surface area contributed by atoms with Crippen LogP contribution in [-0.4, -0.2) is 62.1 Å². The second-order valence-electron chi connectivity index (χ2n) is 7.10. The Labute approximate surface area is 140 Å². The highest BCUT2D eigenvalue weighted by molar-refractivity contribution is 5.82. The number of nitrogens with zero attached hydrogens (tertiary/aromatic N) is 1. The molecule has 6 heteroatoms. The molecule has 134 valence electrons. The molecule has 0 aromatic rings. The molecule has 1 aliphatic rings. The van der Waals surface area contributed by atoms with Gasteiger partial charge >= 0.3 is 0 Å². The van der Waals surface area contributed by atoms with Crippen molar-refractivity contribution < 1.29 is 14.3 Å². The number of likely N-dealkylation sites (N-methyl/N-ethyl adjacent to an activating group) is 1. The molecule has 0 aromatic heterocycles. The van der Waals surface area contributed by atoms with E-state index in [2.05, 4.69) is 24.5 Å². The summed E-state index contributed by atoms with van der Waals surface area (Å²) in [5.41, 5.74) is 0. The van der Waals surface area contributed by atoms with E-state index >= 15 is 0 Å². The van der Waals surface area contributed by atoms with Gasteiger partial charge in [0.15, 0.2) is 0 Å². The van der Waals surface area contributed by atoms with Crippen LogP contribution in [0.3, 0.4) is 0 Å². The van der Waals surface area contributed by atoms with Gasteiger partial charge < -0.3 is 15.4 Å². The summed E-state index contributed by atoms with van der Waals surface area (Å²) in [6.07, 6.45) is 3.16. The molecule has 0 saturated heterocycles. The van der Waals surface area contributed by atoms with Crippen LogP contribution in [0.4, 0.5) is 0 Å². The molecule has 2 atom stereocenters. The molecule has 0 bridgehead atoms. The molecule has 0 aliphatic heterocycles. The van der Waals surface area contributed by atoms with Crippen LogP contribution in [-0.2, 0) is 14.3 Å². The summed E-state index contributed by atoms with van der Waals surface area (Å²) in [5, 5.41) is 6.19. The molecule has 1 aliphatic carbocycles. The Kier molecular flexibility index (Phi) is 7.99. The first-order valence-corrected chi connectivity index (χ1v) is 8.56. The first kappa shape index (κ1) is 19.9. The van der Waals surface area contributed by atoms with Crippen molar-refractivity contribution in [1.29, 1.82) is 0 Å². The predicted molar refractivity (Wildman–Crippen MR) is 91.1 cm³/mol. The Hall–Kier alpha value is -1.14. The van der Waals surface area contributed by atoms with E-state index in [4.69, 9.17) is 4.74 Å². The molecule has 23 heavy (non-hydrogen) atoms. The number of methoxy groups -OCH3 is 1. The highest BCUT2D eigenvalue weighted by atomic mass is 16.5. The molecule has 2 N–H and O–H groups in total. The van der Waals surface area contributed by atoms with Crippen LogP contribution in [0.1, 0.15) is 46.5 Å². The Morgan fingerprint density at radius 1 is 0.957 bits per heavy atom. The first-order chi connectivity index (χ1) is 10.8. The van der Waals surface area contributed by atoms with Gasteiger partial charge in [-0.2, -0.15) is 0 Å². The van der Waals surface area contributed by atoms with Crippen LogP contribution < -0.4 is 10.6 Å². The van der Waals surface area contributed by atoms with Gasteiger partial charge in [0.05, 0.1) is 6.04 Å². The molecule has 2 amide bonds.